The number of likely N-dealkylation sites (N-methyl/N-ethyl adjacent to an activating group) is 1. The third-order valence-corrected chi connectivity index (χ3v) is 1.36. The van der Waals surface area contributed by atoms with Gasteiger partial charge in [-0.25, -0.2) is 0 Å². The first-order chi connectivity index (χ1) is 5.92. The Morgan fingerprint density at radius 3 is 1.92 bits per heavy atom. The standard InChI is InChI=1S/C9H22NO.CH3F/c1-9(2)8-11-7-6-10(3,4)5;1-2/h9H,6-8H2,1-5H3;1H3/q+1;. The Kier molecular flexibility index (Phi) is 9.96. The van der Waals surface area contributed by atoms with Gasteiger partial charge in [-0.2, -0.15) is 0 Å². The van der Waals surface area contributed by atoms with Gasteiger partial charge in [-0.15, -0.1) is 0 Å². The highest BCUT2D eigenvalue weighted by Gasteiger charge is 2.05. The maximum atomic E-state index is 9.50. The number of nitrogens with zero attached hydrogens (tertiary/aromatic N) is 1. The van der Waals surface area contributed by atoms with Crippen LogP contribution in [-0.2, 0) is 4.74 Å². The van der Waals surface area contributed by atoms with Gasteiger partial charge in [0.1, 0.15) is 6.54 Å². The first kappa shape index (κ1) is 15.3. The van der Waals surface area contributed by atoms with Crippen molar-refractivity contribution in [2.24, 2.45) is 5.92 Å². The summed E-state index contributed by atoms with van der Waals surface area (Å²) in [5.41, 5.74) is 0. The minimum absolute atomic E-state index is 0.500. The molecule has 0 radical (unpaired) electrons. The summed E-state index contributed by atoms with van der Waals surface area (Å²) in [7, 11) is 7.04. The molecule has 0 spiro atoms. The minimum Gasteiger partial charge on any atom is -0.375 e. The van der Waals surface area contributed by atoms with Crippen molar-refractivity contribution in [3.8, 4) is 0 Å². The lowest BCUT2D eigenvalue weighted by molar-refractivity contribution is -0.870. The summed E-state index contributed by atoms with van der Waals surface area (Å²) >= 11 is 0. The Bertz CT molecular complexity index is 99.6. The lowest BCUT2D eigenvalue weighted by atomic mass is 10.2. The van der Waals surface area contributed by atoms with Crippen molar-refractivity contribution in [3.63, 3.8) is 0 Å². The van der Waals surface area contributed by atoms with E-state index in [-0.39, 0.29) is 0 Å². The molecular weight excluding hydrogens is 169 g/mol. The number of quaternary nitrogens is 1. The molecule has 0 aliphatic heterocycles. The van der Waals surface area contributed by atoms with Crippen molar-refractivity contribution in [1.29, 1.82) is 0 Å². The van der Waals surface area contributed by atoms with E-state index in [2.05, 4.69) is 35.0 Å². The minimum atomic E-state index is 0.500. The first-order valence-corrected chi connectivity index (χ1v) is 4.68. The van der Waals surface area contributed by atoms with Gasteiger partial charge in [0, 0.05) is 6.61 Å². The number of hydrogen-bond acceptors (Lipinski definition) is 1. The molecule has 82 valence electrons. The molecule has 0 aliphatic carbocycles. The van der Waals surface area contributed by atoms with Gasteiger partial charge in [0.25, 0.3) is 0 Å². The highest BCUT2D eigenvalue weighted by Crippen LogP contribution is 1.94. The molecule has 3 heteroatoms. The fraction of sp³-hybridized carbons (Fsp3) is 1.00. The number of alkyl halides is 1. The monoisotopic (exact) mass is 194 g/mol. The van der Waals surface area contributed by atoms with Crippen LogP contribution in [-0.4, -0.2) is 52.6 Å². The summed E-state index contributed by atoms with van der Waals surface area (Å²) in [6.07, 6.45) is 0. The molecule has 0 atom stereocenters. The van der Waals surface area contributed by atoms with Crippen LogP contribution < -0.4 is 0 Å². The van der Waals surface area contributed by atoms with E-state index in [4.69, 9.17) is 4.74 Å². The smallest absolute Gasteiger partial charge is 0.102 e. The van der Waals surface area contributed by atoms with Crippen LogP contribution in [0.3, 0.4) is 0 Å². The second kappa shape index (κ2) is 8.45. The van der Waals surface area contributed by atoms with E-state index < -0.39 is 0 Å². The molecule has 0 aliphatic rings. The molecule has 0 rings (SSSR count). The fourth-order valence-corrected chi connectivity index (χ4v) is 0.657. The fourth-order valence-electron chi connectivity index (χ4n) is 0.657. The molecular formula is C10H25FNO+. The van der Waals surface area contributed by atoms with Gasteiger partial charge in [-0.05, 0) is 5.92 Å². The van der Waals surface area contributed by atoms with Crippen molar-refractivity contribution in [3.05, 3.63) is 0 Å². The zero-order valence-electron chi connectivity index (χ0n) is 9.93. The predicted molar refractivity (Wildman–Crippen MR) is 55.6 cm³/mol. The van der Waals surface area contributed by atoms with Gasteiger partial charge in [-0.1, -0.05) is 13.8 Å². The van der Waals surface area contributed by atoms with Crippen LogP contribution in [0.15, 0.2) is 0 Å². The summed E-state index contributed by atoms with van der Waals surface area (Å²) in [6.45, 7) is 7.20. The average Bonchev–Trinajstić information content (AvgIpc) is 2.00. The number of rotatable bonds is 5. The van der Waals surface area contributed by atoms with E-state index in [9.17, 15) is 4.39 Å². The van der Waals surface area contributed by atoms with E-state index >= 15 is 0 Å². The average molecular weight is 194 g/mol. The molecule has 0 saturated heterocycles. The number of ether oxygens (including phenoxy) is 1. The van der Waals surface area contributed by atoms with E-state index in [0.717, 1.165) is 24.2 Å². The molecule has 0 aromatic carbocycles. The number of halogens is 1. The van der Waals surface area contributed by atoms with E-state index in [0.29, 0.717) is 13.1 Å². The first-order valence-electron chi connectivity index (χ1n) is 4.68. The van der Waals surface area contributed by atoms with Crippen LogP contribution in [0.5, 0.6) is 0 Å². The zero-order chi connectivity index (χ0) is 10.9. The van der Waals surface area contributed by atoms with Crippen molar-refractivity contribution >= 4 is 0 Å². The van der Waals surface area contributed by atoms with Gasteiger partial charge in [-0.3, -0.25) is 4.39 Å². The Balaban J connectivity index is 0. The van der Waals surface area contributed by atoms with Crippen molar-refractivity contribution in [1.82, 2.24) is 0 Å². The van der Waals surface area contributed by atoms with Crippen LogP contribution in [0.1, 0.15) is 13.8 Å². The third kappa shape index (κ3) is 18.7. The summed E-state index contributed by atoms with van der Waals surface area (Å²) in [5.74, 6) is 0.655. The second-order valence-corrected chi connectivity index (χ2v) is 4.48. The molecule has 0 fully saturated rings. The van der Waals surface area contributed by atoms with Crippen LogP contribution in [0.25, 0.3) is 0 Å². The third-order valence-electron chi connectivity index (χ3n) is 1.36. The SMILES string of the molecule is CC(C)COCC[N+](C)(C)C.CF. The highest BCUT2D eigenvalue weighted by atomic mass is 19.1. The molecule has 13 heavy (non-hydrogen) atoms. The largest absolute Gasteiger partial charge is 0.375 e. The molecule has 0 unspecified atom stereocenters. The normalized spacial score (nSPS) is 11.1. The van der Waals surface area contributed by atoms with E-state index in [1.54, 1.807) is 0 Å². The molecule has 0 heterocycles. The maximum Gasteiger partial charge on any atom is 0.102 e. The zero-order valence-corrected chi connectivity index (χ0v) is 9.93. The summed E-state index contributed by atoms with van der Waals surface area (Å²) < 4.78 is 15.9. The quantitative estimate of drug-likeness (QED) is 0.480. The summed E-state index contributed by atoms with van der Waals surface area (Å²) in [6, 6.07) is 0. The van der Waals surface area contributed by atoms with E-state index in [1.807, 2.05) is 0 Å². The van der Waals surface area contributed by atoms with Crippen molar-refractivity contribution in [2.75, 3.05) is 48.1 Å². The van der Waals surface area contributed by atoms with E-state index in [1.165, 1.54) is 0 Å². The summed E-state index contributed by atoms with van der Waals surface area (Å²) in [4.78, 5) is 0. The molecule has 0 bridgehead atoms. The highest BCUT2D eigenvalue weighted by molar-refractivity contribution is 4.39. The van der Waals surface area contributed by atoms with Gasteiger partial charge < -0.3 is 9.22 Å². The Labute approximate surface area is 82.3 Å². The van der Waals surface area contributed by atoms with Gasteiger partial charge >= 0.3 is 0 Å². The Morgan fingerprint density at radius 1 is 1.15 bits per heavy atom. The van der Waals surface area contributed by atoms with Crippen LogP contribution >= 0.6 is 0 Å². The van der Waals surface area contributed by atoms with Crippen molar-refractivity contribution in [2.45, 2.75) is 13.8 Å². The Hall–Kier alpha value is -0.150. The molecule has 2 nitrogen and oxygen atoms in total. The van der Waals surface area contributed by atoms with Gasteiger partial charge in [0.05, 0.1) is 34.9 Å². The molecule has 0 aromatic rings. The van der Waals surface area contributed by atoms with Crippen LogP contribution in [0, 0.1) is 5.92 Å². The van der Waals surface area contributed by atoms with Gasteiger partial charge in [0.15, 0.2) is 0 Å². The molecule has 0 N–H and O–H groups in total. The lowest BCUT2D eigenvalue weighted by Crippen LogP contribution is -2.37. The molecule has 0 saturated carbocycles. The maximum absolute atomic E-state index is 9.50. The topological polar surface area (TPSA) is 9.23 Å². The molecule has 0 amide bonds. The van der Waals surface area contributed by atoms with Crippen molar-refractivity contribution < 1.29 is 13.6 Å². The lowest BCUT2D eigenvalue weighted by Gasteiger charge is -2.23. The molecule has 0 aromatic heterocycles. The Morgan fingerprint density at radius 2 is 1.62 bits per heavy atom. The second-order valence-electron chi connectivity index (χ2n) is 4.48. The number of hydrogen-bond donors (Lipinski definition) is 0. The van der Waals surface area contributed by atoms with Gasteiger partial charge in [0.2, 0.25) is 0 Å². The summed E-state index contributed by atoms with van der Waals surface area (Å²) in [5, 5.41) is 0. The predicted octanol–water partition coefficient (Wildman–Crippen LogP) is 1.95. The van der Waals surface area contributed by atoms with Crippen LogP contribution in [0.2, 0.25) is 0 Å². The van der Waals surface area contributed by atoms with Crippen LogP contribution in [0.4, 0.5) is 4.39 Å².